The summed E-state index contributed by atoms with van der Waals surface area (Å²) in [6.45, 7) is 4.00. The summed E-state index contributed by atoms with van der Waals surface area (Å²) in [5.74, 6) is 0. The first-order valence-corrected chi connectivity index (χ1v) is 40.3. The van der Waals surface area contributed by atoms with Gasteiger partial charge in [0.05, 0.1) is 0 Å². The van der Waals surface area contributed by atoms with Gasteiger partial charge in [0, 0.05) is 167 Å². The summed E-state index contributed by atoms with van der Waals surface area (Å²) in [6.07, 6.45) is 3.16. The predicted molar refractivity (Wildman–Crippen MR) is 507 cm³/mol. The van der Waals surface area contributed by atoms with Gasteiger partial charge in [-0.15, -0.1) is 0 Å². The van der Waals surface area contributed by atoms with Crippen molar-refractivity contribution in [2.75, 3.05) is 95.6 Å². The Hall–Kier alpha value is -14.1. The number of hydrogen-bond acceptors (Lipinski definition) is 8. The first kappa shape index (κ1) is 83.8. The lowest BCUT2D eigenvalue weighted by Gasteiger charge is -2.29. The second-order valence-electron chi connectivity index (χ2n) is 28.1. The molecule has 117 heavy (non-hydrogen) atoms. The van der Waals surface area contributed by atoms with E-state index in [1.807, 2.05) is 74.5 Å². The largest absolute Gasteiger partial charge is 0.345 e. The lowest BCUT2D eigenvalue weighted by atomic mass is 9.96. The Balaban J connectivity index is 0.000000131. The number of anilines is 16. The Morgan fingerprint density at radius 1 is 0.145 bits per heavy atom. The molecule has 8 heteroatoms. The van der Waals surface area contributed by atoms with Gasteiger partial charge in [-0.25, -0.2) is 0 Å². The van der Waals surface area contributed by atoms with Crippen LogP contribution in [0.5, 0.6) is 0 Å². The number of benzene rings is 16. The SMILES string of the molecule is CC.CN(c1ccccc1)c1ccccc1.CN(c1ccccc1)c1ccccc1.CN(c1ccccc1)c1ccccc1.CN(c1ccccc1)c1ccccc1.CN(c1ccccc1)c1ccccc1.CN1c2ccccc2Cc2ccccc21.CN1c2ccccc2Cc2ccccc21.CN1c2ccccc2Cc2ccccc21. The fourth-order valence-electron chi connectivity index (χ4n) is 14.2. The fourth-order valence-corrected chi connectivity index (χ4v) is 14.2. The zero-order valence-corrected chi connectivity index (χ0v) is 69.4. The number of hydrogen-bond donors (Lipinski definition) is 0. The van der Waals surface area contributed by atoms with Crippen LogP contribution >= 0.6 is 0 Å². The van der Waals surface area contributed by atoms with Crippen LogP contribution in [0.3, 0.4) is 0 Å². The van der Waals surface area contributed by atoms with Crippen molar-refractivity contribution in [2.45, 2.75) is 33.1 Å². The molecule has 0 atom stereocenters. The van der Waals surface area contributed by atoms with E-state index < -0.39 is 0 Å². The molecule has 0 spiro atoms. The molecule has 0 aliphatic carbocycles. The topological polar surface area (TPSA) is 25.9 Å². The Kier molecular flexibility index (Phi) is 31.8. The molecule has 19 rings (SSSR count). The minimum atomic E-state index is 1.05. The van der Waals surface area contributed by atoms with Crippen LogP contribution in [0.15, 0.2) is 449 Å². The van der Waals surface area contributed by atoms with Gasteiger partial charge in [0.25, 0.3) is 0 Å². The summed E-state index contributed by atoms with van der Waals surface area (Å²) in [5, 5.41) is 0. The monoisotopic (exact) mass is 1530 g/mol. The number of para-hydroxylation sites is 16. The molecule has 0 radical (unpaired) electrons. The first-order chi connectivity index (χ1) is 57.5. The van der Waals surface area contributed by atoms with Crippen LogP contribution in [0.1, 0.15) is 47.2 Å². The van der Waals surface area contributed by atoms with E-state index in [1.54, 1.807) is 0 Å². The Morgan fingerprint density at radius 2 is 0.239 bits per heavy atom. The molecule has 0 aromatic heterocycles. The van der Waals surface area contributed by atoms with Gasteiger partial charge >= 0.3 is 0 Å². The van der Waals surface area contributed by atoms with Crippen LogP contribution in [-0.2, 0) is 19.3 Å². The van der Waals surface area contributed by atoms with Crippen molar-refractivity contribution in [3.8, 4) is 0 Å². The third-order valence-electron chi connectivity index (χ3n) is 20.7. The highest BCUT2D eigenvalue weighted by atomic mass is 15.1. The third kappa shape index (κ3) is 23.5. The summed E-state index contributed by atoms with van der Waals surface area (Å²) < 4.78 is 0. The van der Waals surface area contributed by atoms with E-state index in [1.165, 1.54) is 124 Å². The quantitative estimate of drug-likeness (QED) is 0.134. The summed E-state index contributed by atoms with van der Waals surface area (Å²) in [7, 11) is 16.8. The Morgan fingerprint density at radius 3 is 0.350 bits per heavy atom. The number of rotatable bonds is 10. The highest BCUT2D eigenvalue weighted by molar-refractivity contribution is 5.77. The van der Waals surface area contributed by atoms with E-state index >= 15 is 0 Å². The van der Waals surface area contributed by atoms with E-state index in [0.29, 0.717) is 0 Å². The van der Waals surface area contributed by atoms with Gasteiger partial charge in [-0.05, 0) is 191 Å². The first-order valence-electron chi connectivity index (χ1n) is 40.3. The van der Waals surface area contributed by atoms with Gasteiger partial charge in [-0.3, -0.25) is 0 Å². The van der Waals surface area contributed by atoms with Gasteiger partial charge in [0.2, 0.25) is 0 Å². The average molecular weight is 1530 g/mol. The predicted octanol–water partition coefficient (Wildman–Crippen LogP) is 28.4. The molecule has 16 aromatic carbocycles. The maximum Gasteiger partial charge on any atom is 0.0444 e. The lowest BCUT2D eigenvalue weighted by molar-refractivity contribution is 1.06. The van der Waals surface area contributed by atoms with Gasteiger partial charge in [-0.1, -0.05) is 305 Å². The van der Waals surface area contributed by atoms with E-state index in [9.17, 15) is 0 Å². The van der Waals surface area contributed by atoms with E-state index in [4.69, 9.17) is 0 Å². The third-order valence-corrected chi connectivity index (χ3v) is 20.7. The minimum absolute atomic E-state index is 1.05. The molecule has 586 valence electrons. The standard InChI is InChI=1S/3C14H13N.5C13H13N.C2H6/c3*1-15-13-8-4-2-6-11(13)10-12-7-3-5-9-14(12)15;5*1-14(12-8-4-2-5-9-12)13-10-6-3-7-11-13;1-2/h3*2-9H,10H2,1H3;5*2-11H,1H3;1-2H3. The van der Waals surface area contributed by atoms with Gasteiger partial charge in [0.1, 0.15) is 0 Å². The highest BCUT2D eigenvalue weighted by Crippen LogP contribution is 2.40. The molecule has 0 saturated carbocycles. The van der Waals surface area contributed by atoms with Crippen molar-refractivity contribution in [1.82, 2.24) is 0 Å². The van der Waals surface area contributed by atoms with Crippen molar-refractivity contribution in [3.05, 3.63) is 482 Å². The number of nitrogens with zero attached hydrogens (tertiary/aromatic N) is 8. The zero-order valence-electron chi connectivity index (χ0n) is 69.4. The summed E-state index contributed by atoms with van der Waals surface area (Å²) in [6, 6.07) is 155. The zero-order chi connectivity index (χ0) is 81.8. The average Bonchev–Trinajstić information content (AvgIpc) is 0.793. The summed E-state index contributed by atoms with van der Waals surface area (Å²) in [5.41, 5.74) is 28.5. The Bertz CT molecular complexity index is 4450. The van der Waals surface area contributed by atoms with E-state index in [2.05, 4.69) is 484 Å². The van der Waals surface area contributed by atoms with E-state index in [0.717, 1.165) is 19.3 Å². The van der Waals surface area contributed by atoms with Crippen molar-refractivity contribution < 1.29 is 0 Å². The van der Waals surface area contributed by atoms with Crippen LogP contribution in [0, 0.1) is 0 Å². The smallest absolute Gasteiger partial charge is 0.0444 e. The van der Waals surface area contributed by atoms with E-state index in [-0.39, 0.29) is 0 Å². The van der Waals surface area contributed by atoms with Crippen LogP contribution in [-0.4, -0.2) is 56.4 Å². The molecular weight excluding hydrogens is 1420 g/mol. The van der Waals surface area contributed by atoms with Crippen LogP contribution in [0.25, 0.3) is 0 Å². The molecule has 0 fully saturated rings. The van der Waals surface area contributed by atoms with Crippen molar-refractivity contribution in [1.29, 1.82) is 0 Å². The molecule has 0 N–H and O–H groups in total. The lowest BCUT2D eigenvalue weighted by Crippen LogP contribution is -2.18. The molecule has 0 saturated heterocycles. The van der Waals surface area contributed by atoms with Crippen LogP contribution < -0.4 is 39.2 Å². The summed E-state index contributed by atoms with van der Waals surface area (Å²) >= 11 is 0. The van der Waals surface area contributed by atoms with Crippen LogP contribution in [0.2, 0.25) is 0 Å². The van der Waals surface area contributed by atoms with Gasteiger partial charge < -0.3 is 39.2 Å². The molecule has 3 aliphatic heterocycles. The maximum atomic E-state index is 2.27. The van der Waals surface area contributed by atoms with Crippen molar-refractivity contribution in [3.63, 3.8) is 0 Å². The molecular formula is C109H110N8. The normalized spacial score (nSPS) is 11.0. The second kappa shape index (κ2) is 44.4. The number of fused-ring (bicyclic) bond motifs is 6. The molecule has 8 nitrogen and oxygen atoms in total. The van der Waals surface area contributed by atoms with Crippen LogP contribution in [0.4, 0.5) is 91.0 Å². The highest BCUT2D eigenvalue weighted by Gasteiger charge is 2.21. The van der Waals surface area contributed by atoms with Gasteiger partial charge in [0.15, 0.2) is 0 Å². The summed E-state index contributed by atoms with van der Waals surface area (Å²) in [4.78, 5) is 17.6. The molecule has 3 aliphatic rings. The Labute approximate surface area is 697 Å². The van der Waals surface area contributed by atoms with Gasteiger partial charge in [-0.2, -0.15) is 0 Å². The minimum Gasteiger partial charge on any atom is -0.345 e. The second-order valence-corrected chi connectivity index (χ2v) is 28.1. The molecule has 0 amide bonds. The molecule has 0 bridgehead atoms. The maximum absolute atomic E-state index is 2.27. The molecule has 3 heterocycles. The van der Waals surface area contributed by atoms with Crippen molar-refractivity contribution in [2.24, 2.45) is 0 Å². The van der Waals surface area contributed by atoms with Crippen molar-refractivity contribution >= 4 is 91.0 Å². The fraction of sp³-hybridized carbons (Fsp3) is 0.119. The molecule has 0 unspecified atom stereocenters. The molecule has 16 aromatic rings.